The maximum atomic E-state index is 13.3. The van der Waals surface area contributed by atoms with Gasteiger partial charge in [-0.15, -0.1) is 22.7 Å². The molecule has 0 bridgehead atoms. The Morgan fingerprint density at radius 2 is 1.78 bits per heavy atom. The number of carbonyl (C=O) groups is 1. The molecule has 3 aromatic rings. The number of hydrogen-bond acceptors (Lipinski definition) is 7. The molecule has 0 saturated carbocycles. The van der Waals surface area contributed by atoms with E-state index in [-0.39, 0.29) is 11.9 Å². The quantitative estimate of drug-likeness (QED) is 0.543. The lowest BCUT2D eigenvalue weighted by atomic mass is 10.1. The third kappa shape index (κ3) is 4.44. The Labute approximate surface area is 196 Å². The summed E-state index contributed by atoms with van der Waals surface area (Å²) in [7, 11) is 1.68. The van der Waals surface area contributed by atoms with Gasteiger partial charge in [0.05, 0.1) is 30.3 Å². The average Bonchev–Trinajstić information content (AvgIpc) is 3.61. The van der Waals surface area contributed by atoms with Crippen molar-refractivity contribution in [1.82, 2.24) is 9.91 Å². The van der Waals surface area contributed by atoms with E-state index in [0.29, 0.717) is 6.54 Å². The van der Waals surface area contributed by atoms with Crippen LogP contribution in [-0.4, -0.2) is 61.4 Å². The minimum absolute atomic E-state index is 0.000174. The van der Waals surface area contributed by atoms with Crippen LogP contribution in [0.5, 0.6) is 5.75 Å². The zero-order valence-corrected chi connectivity index (χ0v) is 19.6. The zero-order chi connectivity index (χ0) is 21.9. The van der Waals surface area contributed by atoms with Crippen molar-refractivity contribution in [3.8, 4) is 5.75 Å². The van der Waals surface area contributed by atoms with Gasteiger partial charge in [0.25, 0.3) is 5.91 Å². The summed E-state index contributed by atoms with van der Waals surface area (Å²) in [5, 5.41) is 10.6. The highest BCUT2D eigenvalue weighted by molar-refractivity contribution is 7.12. The highest BCUT2D eigenvalue weighted by atomic mass is 32.1. The summed E-state index contributed by atoms with van der Waals surface area (Å²) in [6, 6.07) is 16.4. The summed E-state index contributed by atoms with van der Waals surface area (Å²) in [6.07, 6.45) is 0.776. The summed E-state index contributed by atoms with van der Waals surface area (Å²) in [5.74, 6) is 0.944. The van der Waals surface area contributed by atoms with Crippen LogP contribution in [-0.2, 0) is 4.79 Å². The Kier molecular flexibility index (Phi) is 6.25. The third-order valence-electron chi connectivity index (χ3n) is 6.01. The van der Waals surface area contributed by atoms with Gasteiger partial charge in [-0.2, -0.15) is 5.10 Å². The van der Waals surface area contributed by atoms with Crippen molar-refractivity contribution in [1.29, 1.82) is 0 Å². The maximum absolute atomic E-state index is 13.3. The Hall–Kier alpha value is -2.68. The van der Waals surface area contributed by atoms with Gasteiger partial charge in [-0.05, 0) is 47.2 Å². The fourth-order valence-corrected chi connectivity index (χ4v) is 5.79. The van der Waals surface area contributed by atoms with Gasteiger partial charge in [0, 0.05) is 43.2 Å². The van der Waals surface area contributed by atoms with E-state index in [1.165, 1.54) is 10.6 Å². The van der Waals surface area contributed by atoms with Crippen molar-refractivity contribution in [2.45, 2.75) is 12.5 Å². The van der Waals surface area contributed by atoms with E-state index in [1.54, 1.807) is 34.8 Å². The summed E-state index contributed by atoms with van der Waals surface area (Å²) < 4.78 is 5.25. The number of piperazine rings is 1. The summed E-state index contributed by atoms with van der Waals surface area (Å²) in [6.45, 7) is 3.92. The van der Waals surface area contributed by atoms with Crippen molar-refractivity contribution in [2.24, 2.45) is 5.10 Å². The normalized spacial score (nSPS) is 19.3. The summed E-state index contributed by atoms with van der Waals surface area (Å²) >= 11 is 3.37. The van der Waals surface area contributed by atoms with Crippen LogP contribution in [0.2, 0.25) is 0 Å². The number of benzene rings is 1. The number of hydrogen-bond donors (Lipinski definition) is 0. The van der Waals surface area contributed by atoms with Gasteiger partial charge in [-0.25, -0.2) is 5.01 Å². The number of methoxy groups -OCH3 is 1. The van der Waals surface area contributed by atoms with Crippen LogP contribution in [0, 0.1) is 0 Å². The SMILES string of the molecule is COc1ccc(N2CCN(CC(=O)N3N=C(c4cccs4)CC3c3cccs3)CC2)cc1. The van der Waals surface area contributed by atoms with Crippen LogP contribution >= 0.6 is 22.7 Å². The Morgan fingerprint density at radius 1 is 1.03 bits per heavy atom. The Morgan fingerprint density at radius 3 is 2.44 bits per heavy atom. The van der Waals surface area contributed by atoms with Gasteiger partial charge in [-0.3, -0.25) is 9.69 Å². The number of rotatable bonds is 6. The number of amides is 1. The highest BCUT2D eigenvalue weighted by Gasteiger charge is 2.35. The first-order valence-electron chi connectivity index (χ1n) is 10.8. The van der Waals surface area contributed by atoms with Crippen LogP contribution in [0.15, 0.2) is 64.4 Å². The number of thiophene rings is 2. The van der Waals surface area contributed by atoms with Gasteiger partial charge in [0.1, 0.15) is 5.75 Å². The van der Waals surface area contributed by atoms with E-state index < -0.39 is 0 Å². The molecule has 2 aliphatic heterocycles. The monoisotopic (exact) mass is 466 g/mol. The highest BCUT2D eigenvalue weighted by Crippen LogP contribution is 2.36. The molecule has 8 heteroatoms. The van der Waals surface area contributed by atoms with E-state index in [2.05, 4.69) is 44.8 Å². The molecule has 1 amide bonds. The Bertz CT molecular complexity index is 1060. The molecular formula is C24H26N4O2S2. The lowest BCUT2D eigenvalue weighted by Crippen LogP contribution is -2.49. The van der Waals surface area contributed by atoms with Gasteiger partial charge < -0.3 is 9.64 Å². The van der Waals surface area contributed by atoms with Crippen LogP contribution in [0.25, 0.3) is 0 Å². The second-order valence-electron chi connectivity index (χ2n) is 7.96. The van der Waals surface area contributed by atoms with E-state index in [0.717, 1.165) is 48.9 Å². The smallest absolute Gasteiger partial charge is 0.257 e. The van der Waals surface area contributed by atoms with Crippen LogP contribution < -0.4 is 9.64 Å². The van der Waals surface area contributed by atoms with Gasteiger partial charge in [0.2, 0.25) is 0 Å². The molecule has 1 fully saturated rings. The third-order valence-corrected chi connectivity index (χ3v) is 7.90. The van der Waals surface area contributed by atoms with Crippen molar-refractivity contribution in [3.63, 3.8) is 0 Å². The predicted molar refractivity (Wildman–Crippen MR) is 131 cm³/mol. The molecule has 1 unspecified atom stereocenters. The predicted octanol–water partition coefficient (Wildman–Crippen LogP) is 4.32. The van der Waals surface area contributed by atoms with Gasteiger partial charge in [-0.1, -0.05) is 12.1 Å². The average molecular weight is 467 g/mol. The number of anilines is 1. The number of nitrogens with zero attached hydrogens (tertiary/aromatic N) is 4. The first kappa shape index (κ1) is 21.2. The van der Waals surface area contributed by atoms with Crippen molar-refractivity contribution < 1.29 is 9.53 Å². The molecule has 6 nitrogen and oxygen atoms in total. The van der Waals surface area contributed by atoms with Crippen LogP contribution in [0.1, 0.15) is 22.2 Å². The summed E-state index contributed by atoms with van der Waals surface area (Å²) in [5.41, 5.74) is 2.20. The molecule has 32 heavy (non-hydrogen) atoms. The first-order valence-corrected chi connectivity index (χ1v) is 12.6. The van der Waals surface area contributed by atoms with E-state index in [1.807, 2.05) is 24.3 Å². The van der Waals surface area contributed by atoms with Crippen LogP contribution in [0.4, 0.5) is 5.69 Å². The molecule has 0 aliphatic carbocycles. The fraction of sp³-hybridized carbons (Fsp3) is 0.333. The molecule has 0 radical (unpaired) electrons. The molecule has 2 aliphatic rings. The molecule has 1 aromatic carbocycles. The van der Waals surface area contributed by atoms with E-state index >= 15 is 0 Å². The van der Waals surface area contributed by atoms with Crippen molar-refractivity contribution >= 4 is 40.0 Å². The largest absolute Gasteiger partial charge is 0.497 e. The molecule has 166 valence electrons. The number of ether oxygens (including phenoxy) is 1. The first-order chi connectivity index (χ1) is 15.7. The molecule has 1 saturated heterocycles. The molecule has 5 rings (SSSR count). The molecule has 0 N–H and O–H groups in total. The topological polar surface area (TPSA) is 48.4 Å². The lowest BCUT2D eigenvalue weighted by Gasteiger charge is -2.36. The molecule has 2 aromatic heterocycles. The molecule has 0 spiro atoms. The zero-order valence-electron chi connectivity index (χ0n) is 18.0. The molecule has 4 heterocycles. The minimum atomic E-state index is 0.000174. The molecule has 1 atom stereocenters. The van der Waals surface area contributed by atoms with Crippen molar-refractivity contribution in [3.05, 3.63) is 69.0 Å². The lowest BCUT2D eigenvalue weighted by molar-refractivity contribution is -0.134. The van der Waals surface area contributed by atoms with Gasteiger partial charge in [0.15, 0.2) is 0 Å². The Balaban J connectivity index is 1.23. The second-order valence-corrected chi connectivity index (χ2v) is 9.89. The van der Waals surface area contributed by atoms with E-state index in [4.69, 9.17) is 9.84 Å². The van der Waals surface area contributed by atoms with Crippen molar-refractivity contribution in [2.75, 3.05) is 44.7 Å². The maximum Gasteiger partial charge on any atom is 0.257 e. The van der Waals surface area contributed by atoms with E-state index in [9.17, 15) is 4.79 Å². The summed E-state index contributed by atoms with van der Waals surface area (Å²) in [4.78, 5) is 20.3. The van der Waals surface area contributed by atoms with Crippen LogP contribution in [0.3, 0.4) is 0 Å². The molecular weight excluding hydrogens is 440 g/mol. The number of carbonyl (C=O) groups excluding carboxylic acids is 1. The standard InChI is InChI=1S/C24H26N4O2S2/c1-30-19-8-6-18(7-9-19)27-12-10-26(11-13-27)17-24(29)28-21(23-5-3-15-32-23)16-20(25-28)22-4-2-14-31-22/h2-9,14-15,21H,10-13,16-17H2,1H3. The van der Waals surface area contributed by atoms with Gasteiger partial charge >= 0.3 is 0 Å². The fourth-order valence-electron chi connectivity index (χ4n) is 4.26. The number of hydrazone groups is 1. The minimum Gasteiger partial charge on any atom is -0.497 e. The second kappa shape index (κ2) is 9.44.